The highest BCUT2D eigenvalue weighted by atomic mass is 32.1. The molecule has 3 aromatic rings. The van der Waals surface area contributed by atoms with Crippen molar-refractivity contribution in [3.05, 3.63) is 47.0 Å². The van der Waals surface area contributed by atoms with Crippen LogP contribution in [0.3, 0.4) is 0 Å². The number of urea groups is 1. The monoisotopic (exact) mass is 399 g/mol. The van der Waals surface area contributed by atoms with Crippen LogP contribution in [0.4, 0.5) is 4.79 Å². The van der Waals surface area contributed by atoms with E-state index >= 15 is 0 Å². The molecule has 148 valence electrons. The van der Waals surface area contributed by atoms with Crippen molar-refractivity contribution < 1.29 is 9.59 Å². The van der Waals surface area contributed by atoms with E-state index in [0.29, 0.717) is 24.5 Å². The zero-order valence-corrected chi connectivity index (χ0v) is 17.1. The molecule has 0 unspecified atom stereocenters. The SMILES string of the molecule is CCNC(=O)NCCNC(=O)c1cc2c(C(C)C)nn(-c3ccccc3)c2s1. The first-order chi connectivity index (χ1) is 13.5. The van der Waals surface area contributed by atoms with E-state index in [1.807, 2.05) is 48.0 Å². The van der Waals surface area contributed by atoms with Crippen LogP contribution in [-0.4, -0.2) is 41.4 Å². The zero-order chi connectivity index (χ0) is 20.1. The predicted octanol–water partition coefficient (Wildman–Crippen LogP) is 3.26. The number of rotatable bonds is 7. The molecule has 0 atom stereocenters. The second-order valence-corrected chi connectivity index (χ2v) is 7.69. The smallest absolute Gasteiger partial charge is 0.314 e. The van der Waals surface area contributed by atoms with E-state index in [4.69, 9.17) is 5.10 Å². The number of hydrogen-bond donors (Lipinski definition) is 3. The lowest BCUT2D eigenvalue weighted by molar-refractivity contribution is 0.0958. The Kier molecular flexibility index (Phi) is 6.30. The Morgan fingerprint density at radius 2 is 1.82 bits per heavy atom. The van der Waals surface area contributed by atoms with Gasteiger partial charge in [-0.15, -0.1) is 11.3 Å². The summed E-state index contributed by atoms with van der Waals surface area (Å²) in [4.78, 5) is 25.5. The van der Waals surface area contributed by atoms with Crippen molar-refractivity contribution >= 4 is 33.5 Å². The van der Waals surface area contributed by atoms with Crippen molar-refractivity contribution in [2.75, 3.05) is 19.6 Å². The minimum atomic E-state index is -0.233. The first-order valence-corrected chi connectivity index (χ1v) is 10.2. The van der Waals surface area contributed by atoms with Gasteiger partial charge in [0.1, 0.15) is 4.83 Å². The number of fused-ring (bicyclic) bond motifs is 1. The standard InChI is InChI=1S/C20H25N5O2S/c1-4-21-20(27)23-11-10-22-18(26)16-12-15-17(13(2)3)24-25(19(15)28-16)14-8-6-5-7-9-14/h5-9,12-13H,4,10-11H2,1-3H3,(H,22,26)(H2,21,23,27). The second-order valence-electron chi connectivity index (χ2n) is 6.66. The number of nitrogens with one attached hydrogen (secondary N) is 3. The summed E-state index contributed by atoms with van der Waals surface area (Å²) in [5, 5.41) is 14.0. The fourth-order valence-corrected chi connectivity index (χ4v) is 3.93. The Morgan fingerprint density at radius 1 is 1.11 bits per heavy atom. The number of thiophene rings is 1. The number of hydrogen-bond acceptors (Lipinski definition) is 4. The fraction of sp³-hybridized carbons (Fsp3) is 0.350. The number of benzene rings is 1. The molecule has 0 saturated heterocycles. The minimum absolute atomic E-state index is 0.145. The maximum absolute atomic E-state index is 12.6. The van der Waals surface area contributed by atoms with Crippen LogP contribution in [0.25, 0.3) is 15.9 Å². The third-order valence-electron chi connectivity index (χ3n) is 4.19. The molecule has 28 heavy (non-hydrogen) atoms. The summed E-state index contributed by atoms with van der Waals surface area (Å²) in [6, 6.07) is 11.6. The Morgan fingerprint density at radius 3 is 2.50 bits per heavy atom. The van der Waals surface area contributed by atoms with E-state index in [1.165, 1.54) is 11.3 Å². The maximum atomic E-state index is 12.6. The van der Waals surface area contributed by atoms with Gasteiger partial charge in [-0.1, -0.05) is 32.0 Å². The Labute approximate surface area is 168 Å². The zero-order valence-electron chi connectivity index (χ0n) is 16.3. The first-order valence-electron chi connectivity index (χ1n) is 9.39. The normalized spacial score (nSPS) is 11.0. The molecule has 0 saturated carbocycles. The van der Waals surface area contributed by atoms with Crippen LogP contribution in [0.5, 0.6) is 0 Å². The molecule has 7 nitrogen and oxygen atoms in total. The molecule has 1 aromatic carbocycles. The number of para-hydroxylation sites is 1. The number of amides is 3. The van der Waals surface area contributed by atoms with E-state index in [0.717, 1.165) is 21.6 Å². The Hall–Kier alpha value is -2.87. The number of nitrogens with zero attached hydrogens (tertiary/aromatic N) is 2. The van der Waals surface area contributed by atoms with Gasteiger partial charge in [-0.2, -0.15) is 5.10 Å². The van der Waals surface area contributed by atoms with Crippen molar-refractivity contribution in [1.82, 2.24) is 25.7 Å². The van der Waals surface area contributed by atoms with Gasteiger partial charge in [-0.05, 0) is 31.0 Å². The van der Waals surface area contributed by atoms with E-state index < -0.39 is 0 Å². The molecule has 3 amide bonds. The molecular weight excluding hydrogens is 374 g/mol. The number of carbonyl (C=O) groups is 2. The minimum Gasteiger partial charge on any atom is -0.350 e. The average molecular weight is 400 g/mol. The van der Waals surface area contributed by atoms with Crippen LogP contribution >= 0.6 is 11.3 Å². The summed E-state index contributed by atoms with van der Waals surface area (Å²) in [5.74, 6) is 0.104. The lowest BCUT2D eigenvalue weighted by Gasteiger charge is -2.06. The largest absolute Gasteiger partial charge is 0.350 e. The van der Waals surface area contributed by atoms with Crippen molar-refractivity contribution in [2.45, 2.75) is 26.7 Å². The summed E-state index contributed by atoms with van der Waals surface area (Å²) < 4.78 is 1.91. The molecule has 0 bridgehead atoms. The van der Waals surface area contributed by atoms with Crippen molar-refractivity contribution in [3.8, 4) is 5.69 Å². The summed E-state index contributed by atoms with van der Waals surface area (Å²) >= 11 is 1.43. The third-order valence-corrected chi connectivity index (χ3v) is 5.30. The second kappa shape index (κ2) is 8.88. The van der Waals surface area contributed by atoms with E-state index in [9.17, 15) is 9.59 Å². The molecular formula is C20H25N5O2S. The molecule has 0 aliphatic carbocycles. The van der Waals surface area contributed by atoms with Gasteiger partial charge in [0.2, 0.25) is 0 Å². The van der Waals surface area contributed by atoms with Gasteiger partial charge in [0.05, 0.1) is 16.3 Å². The van der Waals surface area contributed by atoms with E-state index in [-0.39, 0.29) is 17.9 Å². The summed E-state index contributed by atoms with van der Waals surface area (Å²) in [6.45, 7) is 7.36. The maximum Gasteiger partial charge on any atom is 0.314 e. The third kappa shape index (κ3) is 4.33. The van der Waals surface area contributed by atoms with Crippen LogP contribution in [0.2, 0.25) is 0 Å². The fourth-order valence-electron chi connectivity index (χ4n) is 2.87. The Bertz CT molecular complexity index is 962. The van der Waals surface area contributed by atoms with Crippen LogP contribution in [-0.2, 0) is 0 Å². The van der Waals surface area contributed by atoms with Gasteiger partial charge in [0.15, 0.2) is 0 Å². The molecule has 3 rings (SSSR count). The quantitative estimate of drug-likeness (QED) is 0.533. The average Bonchev–Trinajstić information content (AvgIpc) is 3.25. The van der Waals surface area contributed by atoms with Gasteiger partial charge < -0.3 is 16.0 Å². The van der Waals surface area contributed by atoms with Gasteiger partial charge in [-0.25, -0.2) is 9.48 Å². The molecule has 0 fully saturated rings. The van der Waals surface area contributed by atoms with Crippen molar-refractivity contribution in [1.29, 1.82) is 0 Å². The predicted molar refractivity (Wildman–Crippen MR) is 112 cm³/mol. The van der Waals surface area contributed by atoms with Crippen LogP contribution in [0, 0.1) is 0 Å². The molecule has 0 radical (unpaired) electrons. The Balaban J connectivity index is 1.77. The summed E-state index contributed by atoms with van der Waals surface area (Å²) in [7, 11) is 0. The van der Waals surface area contributed by atoms with Gasteiger partial charge >= 0.3 is 6.03 Å². The van der Waals surface area contributed by atoms with E-state index in [1.54, 1.807) is 0 Å². The molecule has 2 aromatic heterocycles. The molecule has 2 heterocycles. The molecule has 0 spiro atoms. The van der Waals surface area contributed by atoms with Gasteiger partial charge in [-0.3, -0.25) is 4.79 Å². The highest BCUT2D eigenvalue weighted by Gasteiger charge is 2.20. The molecule has 0 aliphatic rings. The van der Waals surface area contributed by atoms with Crippen molar-refractivity contribution in [3.63, 3.8) is 0 Å². The van der Waals surface area contributed by atoms with Crippen molar-refractivity contribution in [2.24, 2.45) is 0 Å². The highest BCUT2D eigenvalue weighted by Crippen LogP contribution is 2.33. The summed E-state index contributed by atoms with van der Waals surface area (Å²) in [5.41, 5.74) is 1.95. The van der Waals surface area contributed by atoms with Crippen LogP contribution in [0.15, 0.2) is 36.4 Å². The van der Waals surface area contributed by atoms with Crippen LogP contribution in [0.1, 0.15) is 42.1 Å². The lowest BCUT2D eigenvalue weighted by atomic mass is 10.1. The first kappa shape index (κ1) is 19.9. The molecule has 0 aliphatic heterocycles. The lowest BCUT2D eigenvalue weighted by Crippen LogP contribution is -2.40. The highest BCUT2D eigenvalue weighted by molar-refractivity contribution is 7.20. The van der Waals surface area contributed by atoms with E-state index in [2.05, 4.69) is 29.8 Å². The summed E-state index contributed by atoms with van der Waals surface area (Å²) in [6.07, 6.45) is 0. The number of carbonyl (C=O) groups excluding carboxylic acids is 2. The topological polar surface area (TPSA) is 88.1 Å². The molecule has 3 N–H and O–H groups in total. The van der Waals surface area contributed by atoms with Gasteiger partial charge in [0.25, 0.3) is 5.91 Å². The number of aromatic nitrogens is 2. The van der Waals surface area contributed by atoms with Gasteiger partial charge in [0, 0.05) is 25.0 Å². The van der Waals surface area contributed by atoms with Crippen LogP contribution < -0.4 is 16.0 Å². The molecule has 8 heteroatoms.